The lowest BCUT2D eigenvalue weighted by molar-refractivity contribution is 0.161. The van der Waals surface area contributed by atoms with Crippen LogP contribution in [0.5, 0.6) is 0 Å². The average molecular weight is 276 g/mol. The van der Waals surface area contributed by atoms with Gasteiger partial charge < -0.3 is 9.84 Å². The van der Waals surface area contributed by atoms with Crippen molar-refractivity contribution in [3.05, 3.63) is 58.3 Å². The molecule has 5 heteroatoms. The first kappa shape index (κ1) is 13.1. The molecule has 1 fully saturated rings. The number of nitrogens with zero attached hydrogens (tertiary/aromatic N) is 1. The Balaban J connectivity index is 1.68. The predicted octanol–water partition coefficient (Wildman–Crippen LogP) is 2.12. The maximum Gasteiger partial charge on any atom is 0.282 e. The van der Waals surface area contributed by atoms with Gasteiger partial charge in [-0.1, -0.05) is 12.1 Å². The molecule has 3 rings (SSSR count). The maximum atomic E-state index is 12.9. The number of halogens is 1. The van der Waals surface area contributed by atoms with Gasteiger partial charge in [0.15, 0.2) is 0 Å². The molecule has 0 bridgehead atoms. The van der Waals surface area contributed by atoms with Gasteiger partial charge in [0.05, 0.1) is 6.04 Å². The number of rotatable bonds is 3. The molecule has 0 unspecified atom stereocenters. The first-order valence-corrected chi connectivity index (χ1v) is 6.87. The van der Waals surface area contributed by atoms with Gasteiger partial charge in [0.2, 0.25) is 0 Å². The predicted molar refractivity (Wildman–Crippen MR) is 73.1 cm³/mol. The Morgan fingerprint density at radius 3 is 2.80 bits per heavy atom. The summed E-state index contributed by atoms with van der Waals surface area (Å²) >= 11 is 0. The number of hydrogen-bond acceptors (Lipinski definition) is 3. The van der Waals surface area contributed by atoms with Crippen molar-refractivity contribution in [2.75, 3.05) is 6.54 Å². The molecule has 0 saturated carbocycles. The summed E-state index contributed by atoms with van der Waals surface area (Å²) in [5.74, 6) is -0.217. The van der Waals surface area contributed by atoms with E-state index in [1.54, 1.807) is 12.1 Å². The third-order valence-electron chi connectivity index (χ3n) is 3.80. The molecule has 2 heterocycles. The molecular weight excluding hydrogens is 259 g/mol. The summed E-state index contributed by atoms with van der Waals surface area (Å²) in [5.41, 5.74) is 1.01. The van der Waals surface area contributed by atoms with Crippen molar-refractivity contribution < 1.29 is 8.91 Å². The van der Waals surface area contributed by atoms with Crippen molar-refractivity contribution >= 4 is 0 Å². The van der Waals surface area contributed by atoms with E-state index in [-0.39, 0.29) is 23.5 Å². The molecule has 1 aliphatic heterocycles. The van der Waals surface area contributed by atoms with Gasteiger partial charge in [0, 0.05) is 12.1 Å². The first-order valence-electron chi connectivity index (χ1n) is 6.87. The molecular formula is C15H17FN2O2. The van der Waals surface area contributed by atoms with Crippen LogP contribution >= 0.6 is 0 Å². The number of hydrogen-bond donors (Lipinski definition) is 1. The van der Waals surface area contributed by atoms with Gasteiger partial charge in [-0.25, -0.2) is 4.39 Å². The smallest absolute Gasteiger partial charge is 0.282 e. The van der Waals surface area contributed by atoms with Gasteiger partial charge >= 0.3 is 0 Å². The Kier molecular flexibility index (Phi) is 3.69. The normalized spacial score (nSPS) is 22.9. The monoisotopic (exact) mass is 276 g/mol. The van der Waals surface area contributed by atoms with E-state index in [2.05, 4.69) is 5.32 Å². The third-order valence-corrected chi connectivity index (χ3v) is 3.80. The second-order valence-electron chi connectivity index (χ2n) is 5.23. The summed E-state index contributed by atoms with van der Waals surface area (Å²) in [6.45, 7) is 0.851. The second kappa shape index (κ2) is 5.63. The van der Waals surface area contributed by atoms with Gasteiger partial charge in [-0.2, -0.15) is 4.74 Å². The van der Waals surface area contributed by atoms with Gasteiger partial charge in [-0.3, -0.25) is 4.79 Å². The van der Waals surface area contributed by atoms with Crippen molar-refractivity contribution in [1.29, 1.82) is 0 Å². The van der Waals surface area contributed by atoms with Crippen molar-refractivity contribution in [2.24, 2.45) is 0 Å². The summed E-state index contributed by atoms with van der Waals surface area (Å²) in [5, 5.41) is 3.44. The number of piperidine rings is 1. The van der Waals surface area contributed by atoms with Crippen LogP contribution in [0.4, 0.5) is 4.39 Å². The minimum absolute atomic E-state index is 0.0857. The summed E-state index contributed by atoms with van der Waals surface area (Å²) in [6, 6.07) is 8.39. The molecule has 4 nitrogen and oxygen atoms in total. The standard InChI is InChI=1S/C15H17FN2O2/c16-12-3-1-11(2-4-12)9-13-10-14(5-7-17-13)18-15(19)6-8-20-18/h1-4,6,8,13-14,17H,5,7,9-10H2/t13-,14+/m1/s1. The largest absolute Gasteiger partial charge is 0.384 e. The average Bonchev–Trinajstić information content (AvgIpc) is 2.88. The van der Waals surface area contributed by atoms with E-state index in [4.69, 9.17) is 4.52 Å². The van der Waals surface area contributed by atoms with Crippen LogP contribution in [0, 0.1) is 5.82 Å². The van der Waals surface area contributed by atoms with Crippen molar-refractivity contribution in [2.45, 2.75) is 31.3 Å². The molecule has 0 radical (unpaired) electrons. The van der Waals surface area contributed by atoms with Crippen LogP contribution in [0.25, 0.3) is 0 Å². The molecule has 106 valence electrons. The molecule has 0 amide bonds. The van der Waals surface area contributed by atoms with Gasteiger partial charge in [-0.15, -0.1) is 0 Å². The highest BCUT2D eigenvalue weighted by Gasteiger charge is 2.25. The van der Waals surface area contributed by atoms with Gasteiger partial charge in [0.1, 0.15) is 12.1 Å². The summed E-state index contributed by atoms with van der Waals surface area (Å²) in [4.78, 5) is 11.6. The summed E-state index contributed by atoms with van der Waals surface area (Å²) < 4.78 is 19.6. The van der Waals surface area contributed by atoms with Crippen LogP contribution in [0.1, 0.15) is 24.4 Å². The fraction of sp³-hybridized carbons (Fsp3) is 0.400. The maximum absolute atomic E-state index is 12.9. The molecule has 0 spiro atoms. The van der Waals surface area contributed by atoms with E-state index < -0.39 is 0 Å². The number of benzene rings is 1. The molecule has 1 N–H and O–H groups in total. The van der Waals surface area contributed by atoms with Crippen LogP contribution in [0.3, 0.4) is 0 Å². The van der Waals surface area contributed by atoms with Crippen LogP contribution in [0.15, 0.2) is 45.9 Å². The Bertz CT molecular complexity index is 617. The number of aromatic nitrogens is 1. The van der Waals surface area contributed by atoms with Crippen molar-refractivity contribution in [3.63, 3.8) is 0 Å². The molecule has 1 saturated heterocycles. The quantitative estimate of drug-likeness (QED) is 0.934. The third kappa shape index (κ3) is 2.82. The fourth-order valence-electron chi connectivity index (χ4n) is 2.80. The molecule has 2 aromatic rings. The SMILES string of the molecule is O=c1ccon1[C@H]1CCN[C@H](Cc2ccc(F)cc2)C1. The lowest BCUT2D eigenvalue weighted by Gasteiger charge is -2.29. The van der Waals surface area contributed by atoms with Crippen LogP contribution < -0.4 is 10.9 Å². The Labute approximate surface area is 116 Å². The minimum Gasteiger partial charge on any atom is -0.384 e. The molecule has 0 aliphatic carbocycles. The van der Waals surface area contributed by atoms with E-state index in [0.29, 0.717) is 0 Å². The summed E-state index contributed by atoms with van der Waals surface area (Å²) in [6.07, 6.45) is 3.98. The Hall–Kier alpha value is -1.88. The molecule has 1 aromatic heterocycles. The molecule has 1 aliphatic rings. The van der Waals surface area contributed by atoms with Crippen LogP contribution in [-0.2, 0) is 6.42 Å². The molecule has 20 heavy (non-hydrogen) atoms. The lowest BCUT2D eigenvalue weighted by Crippen LogP contribution is -2.41. The van der Waals surface area contributed by atoms with Gasteiger partial charge in [0.25, 0.3) is 5.56 Å². The van der Waals surface area contributed by atoms with Crippen LogP contribution in [0.2, 0.25) is 0 Å². The van der Waals surface area contributed by atoms with Crippen molar-refractivity contribution in [3.8, 4) is 0 Å². The fourth-order valence-corrected chi connectivity index (χ4v) is 2.80. The van der Waals surface area contributed by atoms with E-state index in [1.807, 2.05) is 0 Å². The summed E-state index contributed by atoms with van der Waals surface area (Å²) in [7, 11) is 0. The zero-order chi connectivity index (χ0) is 13.9. The van der Waals surface area contributed by atoms with E-state index in [9.17, 15) is 9.18 Å². The van der Waals surface area contributed by atoms with Gasteiger partial charge in [-0.05, 0) is 43.5 Å². The highest BCUT2D eigenvalue weighted by Crippen LogP contribution is 2.22. The highest BCUT2D eigenvalue weighted by molar-refractivity contribution is 5.17. The van der Waals surface area contributed by atoms with E-state index in [1.165, 1.54) is 29.2 Å². The van der Waals surface area contributed by atoms with E-state index >= 15 is 0 Å². The first-order chi connectivity index (χ1) is 9.72. The lowest BCUT2D eigenvalue weighted by atomic mass is 9.94. The second-order valence-corrected chi connectivity index (χ2v) is 5.23. The zero-order valence-electron chi connectivity index (χ0n) is 11.1. The highest BCUT2D eigenvalue weighted by atomic mass is 19.1. The number of nitrogens with one attached hydrogen (secondary N) is 1. The van der Waals surface area contributed by atoms with Crippen molar-refractivity contribution in [1.82, 2.24) is 10.1 Å². The van der Waals surface area contributed by atoms with E-state index in [0.717, 1.165) is 31.4 Å². The van der Waals surface area contributed by atoms with Crippen LogP contribution in [-0.4, -0.2) is 17.3 Å². The molecule has 1 aromatic carbocycles. The Morgan fingerprint density at radius 1 is 1.30 bits per heavy atom. The molecule has 2 atom stereocenters. The zero-order valence-corrected chi connectivity index (χ0v) is 11.1. The topological polar surface area (TPSA) is 47.2 Å². The minimum atomic E-state index is -0.217. The Morgan fingerprint density at radius 2 is 2.10 bits per heavy atom.